The molecule has 6 heteroatoms. The van der Waals surface area contributed by atoms with Gasteiger partial charge in [0.1, 0.15) is 0 Å². The van der Waals surface area contributed by atoms with Gasteiger partial charge in [-0.3, -0.25) is 9.78 Å². The molecule has 1 saturated carbocycles. The zero-order valence-electron chi connectivity index (χ0n) is 16.3. The second-order valence-corrected chi connectivity index (χ2v) is 7.93. The van der Waals surface area contributed by atoms with Crippen LogP contribution in [0.1, 0.15) is 34.9 Å². The number of aliphatic hydroxyl groups excluding tert-OH is 1. The highest BCUT2D eigenvalue weighted by molar-refractivity contribution is 5.94. The number of piperazine rings is 1. The molecule has 0 unspecified atom stereocenters. The first-order chi connectivity index (χ1) is 13.6. The fourth-order valence-corrected chi connectivity index (χ4v) is 4.01. The summed E-state index contributed by atoms with van der Waals surface area (Å²) in [4.78, 5) is 22.0. The maximum Gasteiger partial charge on any atom is 0.251 e. The summed E-state index contributed by atoms with van der Waals surface area (Å²) in [6, 6.07) is 13.4. The van der Waals surface area contributed by atoms with Gasteiger partial charge in [0.15, 0.2) is 0 Å². The number of anilines is 1. The normalized spacial score (nSPS) is 23.7. The number of pyridine rings is 1. The highest BCUT2D eigenvalue weighted by atomic mass is 16.3. The van der Waals surface area contributed by atoms with E-state index in [4.69, 9.17) is 0 Å². The van der Waals surface area contributed by atoms with Gasteiger partial charge in [0.25, 0.3) is 5.91 Å². The van der Waals surface area contributed by atoms with Crippen molar-refractivity contribution in [1.82, 2.24) is 15.2 Å². The Morgan fingerprint density at radius 3 is 2.43 bits per heavy atom. The number of amides is 1. The van der Waals surface area contributed by atoms with Crippen molar-refractivity contribution >= 4 is 11.6 Å². The summed E-state index contributed by atoms with van der Waals surface area (Å²) in [5, 5.41) is 12.8. The lowest BCUT2D eigenvalue weighted by molar-refractivity contribution is 0.0228. The molecule has 1 aromatic carbocycles. The largest absolute Gasteiger partial charge is 0.393 e. The van der Waals surface area contributed by atoms with E-state index in [0.717, 1.165) is 37.6 Å². The number of nitrogens with zero attached hydrogens (tertiary/aromatic N) is 3. The molecule has 2 heterocycles. The van der Waals surface area contributed by atoms with Crippen LogP contribution in [0.4, 0.5) is 5.69 Å². The van der Waals surface area contributed by atoms with Crippen molar-refractivity contribution < 1.29 is 9.90 Å². The monoisotopic (exact) mass is 380 g/mol. The van der Waals surface area contributed by atoms with Crippen molar-refractivity contribution in [1.29, 1.82) is 0 Å². The van der Waals surface area contributed by atoms with Crippen molar-refractivity contribution in [2.24, 2.45) is 5.92 Å². The Bertz CT molecular complexity index is 782. The minimum atomic E-state index is -0.268. The Morgan fingerprint density at radius 1 is 1.11 bits per heavy atom. The summed E-state index contributed by atoms with van der Waals surface area (Å²) in [5.74, 6) is 0.125. The molecule has 0 radical (unpaired) electrons. The van der Waals surface area contributed by atoms with Gasteiger partial charge in [-0.05, 0) is 62.2 Å². The van der Waals surface area contributed by atoms with E-state index >= 15 is 0 Å². The Balaban J connectivity index is 1.44. The molecule has 2 aliphatic rings. The molecule has 6 nitrogen and oxygen atoms in total. The predicted molar refractivity (Wildman–Crippen MR) is 109 cm³/mol. The second kappa shape index (κ2) is 8.29. The molecule has 148 valence electrons. The summed E-state index contributed by atoms with van der Waals surface area (Å²) < 4.78 is 0. The summed E-state index contributed by atoms with van der Waals surface area (Å²) >= 11 is 0. The van der Waals surface area contributed by atoms with E-state index < -0.39 is 0 Å². The van der Waals surface area contributed by atoms with Crippen LogP contribution in [-0.4, -0.2) is 60.2 Å². The molecule has 2 aromatic rings. The minimum Gasteiger partial charge on any atom is -0.393 e. The van der Waals surface area contributed by atoms with Crippen LogP contribution in [0.5, 0.6) is 0 Å². The lowest BCUT2D eigenvalue weighted by atomic mass is 9.76. The Labute approximate surface area is 166 Å². The average Bonchev–Trinajstić information content (AvgIpc) is 2.71. The summed E-state index contributed by atoms with van der Waals surface area (Å²) in [5.41, 5.74) is 2.66. The molecule has 2 fully saturated rings. The van der Waals surface area contributed by atoms with Crippen LogP contribution in [0.2, 0.25) is 0 Å². The average molecular weight is 380 g/mol. The zero-order valence-corrected chi connectivity index (χ0v) is 16.3. The maximum absolute atomic E-state index is 12.9. The Kier molecular flexibility index (Phi) is 5.59. The van der Waals surface area contributed by atoms with Crippen molar-refractivity contribution in [3.05, 3.63) is 59.9 Å². The SMILES string of the molecule is CN1CCN(c2ccc(C(=O)N[C@H](c3ccccn3)C3CC(O)C3)cc2)CC1. The molecular formula is C22H28N4O2. The van der Waals surface area contributed by atoms with Gasteiger partial charge in [0.2, 0.25) is 0 Å². The van der Waals surface area contributed by atoms with Crippen LogP contribution in [0, 0.1) is 5.92 Å². The smallest absolute Gasteiger partial charge is 0.251 e. The van der Waals surface area contributed by atoms with Gasteiger partial charge >= 0.3 is 0 Å². The number of carbonyl (C=O) groups is 1. The van der Waals surface area contributed by atoms with Crippen LogP contribution in [0.15, 0.2) is 48.7 Å². The van der Waals surface area contributed by atoms with E-state index in [1.54, 1.807) is 6.20 Å². The third-order valence-electron chi connectivity index (χ3n) is 5.91. The number of hydrogen-bond acceptors (Lipinski definition) is 5. The fourth-order valence-electron chi connectivity index (χ4n) is 4.01. The van der Waals surface area contributed by atoms with Crippen LogP contribution >= 0.6 is 0 Å². The number of rotatable bonds is 5. The van der Waals surface area contributed by atoms with E-state index in [9.17, 15) is 9.90 Å². The molecule has 1 aromatic heterocycles. The highest BCUT2D eigenvalue weighted by Gasteiger charge is 2.36. The van der Waals surface area contributed by atoms with E-state index in [1.807, 2.05) is 42.5 Å². The maximum atomic E-state index is 12.9. The number of aromatic nitrogens is 1. The second-order valence-electron chi connectivity index (χ2n) is 7.93. The fraction of sp³-hybridized carbons (Fsp3) is 0.455. The topological polar surface area (TPSA) is 68.7 Å². The number of aliphatic hydroxyl groups is 1. The minimum absolute atomic E-state index is 0.0954. The molecule has 0 spiro atoms. The number of likely N-dealkylation sites (N-methyl/N-ethyl adjacent to an activating group) is 1. The van der Waals surface area contributed by atoms with Gasteiger partial charge in [-0.2, -0.15) is 0 Å². The third kappa shape index (κ3) is 4.18. The highest BCUT2D eigenvalue weighted by Crippen LogP contribution is 2.37. The van der Waals surface area contributed by atoms with E-state index in [0.29, 0.717) is 18.4 Å². The molecule has 1 aliphatic heterocycles. The van der Waals surface area contributed by atoms with E-state index in [2.05, 4.69) is 27.1 Å². The van der Waals surface area contributed by atoms with Gasteiger partial charge in [0, 0.05) is 43.6 Å². The number of benzene rings is 1. The number of hydrogen-bond donors (Lipinski definition) is 2. The zero-order chi connectivity index (χ0) is 19.5. The first-order valence-electron chi connectivity index (χ1n) is 10.0. The molecule has 0 bridgehead atoms. The molecule has 2 N–H and O–H groups in total. The van der Waals surface area contributed by atoms with Gasteiger partial charge in [-0.25, -0.2) is 0 Å². The van der Waals surface area contributed by atoms with Crippen molar-refractivity contribution in [3.63, 3.8) is 0 Å². The predicted octanol–water partition coefficient (Wildman–Crippen LogP) is 2.08. The Morgan fingerprint density at radius 2 is 1.82 bits per heavy atom. The molecule has 28 heavy (non-hydrogen) atoms. The Hall–Kier alpha value is -2.44. The van der Waals surface area contributed by atoms with E-state index in [1.165, 1.54) is 0 Å². The van der Waals surface area contributed by atoms with E-state index in [-0.39, 0.29) is 24.0 Å². The molecule has 4 rings (SSSR count). The lowest BCUT2D eigenvalue weighted by Gasteiger charge is -2.37. The molecule has 1 amide bonds. The van der Waals surface area contributed by atoms with Gasteiger partial charge in [-0.15, -0.1) is 0 Å². The first kappa shape index (κ1) is 18.9. The van der Waals surface area contributed by atoms with Gasteiger partial charge < -0.3 is 20.2 Å². The van der Waals surface area contributed by atoms with Crippen LogP contribution in [0.3, 0.4) is 0 Å². The first-order valence-corrected chi connectivity index (χ1v) is 10.0. The number of nitrogens with one attached hydrogen (secondary N) is 1. The summed E-state index contributed by atoms with van der Waals surface area (Å²) in [7, 11) is 2.14. The third-order valence-corrected chi connectivity index (χ3v) is 5.91. The van der Waals surface area contributed by atoms with Gasteiger partial charge in [-0.1, -0.05) is 6.07 Å². The molecular weight excluding hydrogens is 352 g/mol. The standard InChI is InChI=1S/C22H28N4O2/c1-25-10-12-26(13-11-25)18-7-5-16(6-8-18)22(28)24-21(17-14-19(27)15-17)20-4-2-3-9-23-20/h2-9,17,19,21,27H,10-15H2,1H3,(H,24,28)/t17?,19?,21-/m0/s1. The van der Waals surface area contributed by atoms with Gasteiger partial charge in [0.05, 0.1) is 17.8 Å². The summed E-state index contributed by atoms with van der Waals surface area (Å²) in [6.07, 6.45) is 2.87. The van der Waals surface area contributed by atoms with Crippen molar-refractivity contribution in [2.45, 2.75) is 25.0 Å². The quantitative estimate of drug-likeness (QED) is 0.831. The van der Waals surface area contributed by atoms with Crippen molar-refractivity contribution in [3.8, 4) is 0 Å². The summed E-state index contributed by atoms with van der Waals surface area (Å²) in [6.45, 7) is 4.13. The molecule has 1 saturated heterocycles. The number of carbonyl (C=O) groups excluding carboxylic acids is 1. The van der Waals surface area contributed by atoms with Crippen LogP contribution in [-0.2, 0) is 0 Å². The van der Waals surface area contributed by atoms with Crippen LogP contribution < -0.4 is 10.2 Å². The van der Waals surface area contributed by atoms with Crippen molar-refractivity contribution in [2.75, 3.05) is 38.1 Å². The molecule has 1 aliphatic carbocycles. The lowest BCUT2D eigenvalue weighted by Crippen LogP contribution is -2.44. The van der Waals surface area contributed by atoms with Crippen LogP contribution in [0.25, 0.3) is 0 Å². The molecule has 1 atom stereocenters.